The highest BCUT2D eigenvalue weighted by Gasteiger charge is 2.26. The number of aromatic nitrogens is 2. The van der Waals surface area contributed by atoms with E-state index in [0.29, 0.717) is 12.4 Å². The van der Waals surface area contributed by atoms with Gasteiger partial charge in [-0.05, 0) is 55.5 Å². The maximum Gasteiger partial charge on any atom is 0.224 e. The molecule has 34 heavy (non-hydrogen) atoms. The molecule has 2 aliphatic heterocycles. The van der Waals surface area contributed by atoms with Gasteiger partial charge in [0.1, 0.15) is 17.9 Å². The first-order chi connectivity index (χ1) is 16.7. The number of hydrogen-bond donors (Lipinski definition) is 1. The number of rotatable bonds is 7. The van der Waals surface area contributed by atoms with Crippen molar-refractivity contribution in [1.82, 2.24) is 15.3 Å². The van der Waals surface area contributed by atoms with Crippen molar-refractivity contribution in [2.75, 3.05) is 36.0 Å². The predicted molar refractivity (Wildman–Crippen MR) is 133 cm³/mol. The number of para-hydroxylation sites is 1. The quantitative estimate of drug-likeness (QED) is 0.567. The molecule has 176 valence electrons. The fourth-order valence-electron chi connectivity index (χ4n) is 4.67. The Bertz CT molecular complexity index is 1080. The number of hydrogen-bond acceptors (Lipinski definition) is 6. The number of anilines is 2. The largest absolute Gasteiger partial charge is 0.439 e. The highest BCUT2D eigenvalue weighted by atomic mass is 16.5. The van der Waals surface area contributed by atoms with Crippen LogP contribution >= 0.6 is 0 Å². The lowest BCUT2D eigenvalue weighted by Gasteiger charge is -2.32. The smallest absolute Gasteiger partial charge is 0.224 e. The summed E-state index contributed by atoms with van der Waals surface area (Å²) in [7, 11) is 0. The van der Waals surface area contributed by atoms with Crippen molar-refractivity contribution >= 4 is 17.4 Å². The van der Waals surface area contributed by atoms with Gasteiger partial charge in [-0.3, -0.25) is 4.79 Å². The summed E-state index contributed by atoms with van der Waals surface area (Å²) in [5, 5.41) is 3.13. The van der Waals surface area contributed by atoms with Gasteiger partial charge in [-0.1, -0.05) is 30.3 Å². The Morgan fingerprint density at radius 2 is 1.65 bits per heavy atom. The van der Waals surface area contributed by atoms with E-state index in [2.05, 4.69) is 49.4 Å². The molecule has 0 aliphatic carbocycles. The lowest BCUT2D eigenvalue weighted by atomic mass is 9.96. The van der Waals surface area contributed by atoms with E-state index in [1.165, 1.54) is 24.9 Å². The molecule has 0 saturated carbocycles. The lowest BCUT2D eigenvalue weighted by molar-refractivity contribution is -0.125. The molecule has 3 aromatic rings. The molecule has 2 saturated heterocycles. The van der Waals surface area contributed by atoms with Gasteiger partial charge in [0.15, 0.2) is 0 Å². The van der Waals surface area contributed by atoms with Gasteiger partial charge in [-0.2, -0.15) is 0 Å². The molecule has 7 heteroatoms. The van der Waals surface area contributed by atoms with Gasteiger partial charge in [0, 0.05) is 50.4 Å². The average molecular weight is 458 g/mol. The Labute approximate surface area is 200 Å². The van der Waals surface area contributed by atoms with Gasteiger partial charge in [0.05, 0.1) is 0 Å². The summed E-state index contributed by atoms with van der Waals surface area (Å²) in [6.45, 7) is 4.43. The van der Waals surface area contributed by atoms with Crippen LogP contribution in [0.3, 0.4) is 0 Å². The van der Waals surface area contributed by atoms with Gasteiger partial charge >= 0.3 is 0 Å². The number of amides is 1. The van der Waals surface area contributed by atoms with Crippen LogP contribution in [-0.2, 0) is 11.3 Å². The number of carbonyl (C=O) groups is 1. The first-order valence-electron chi connectivity index (χ1n) is 12.2. The summed E-state index contributed by atoms with van der Waals surface area (Å²) >= 11 is 0. The Balaban J connectivity index is 1.10. The molecule has 0 spiro atoms. The monoisotopic (exact) mass is 457 g/mol. The van der Waals surface area contributed by atoms with E-state index in [0.717, 1.165) is 56.2 Å². The molecule has 2 fully saturated rings. The van der Waals surface area contributed by atoms with Crippen molar-refractivity contribution in [1.29, 1.82) is 0 Å². The van der Waals surface area contributed by atoms with Gasteiger partial charge in [0.2, 0.25) is 11.8 Å². The maximum absolute atomic E-state index is 12.8. The van der Waals surface area contributed by atoms with Crippen LogP contribution in [0.25, 0.3) is 0 Å². The second-order valence-corrected chi connectivity index (χ2v) is 8.97. The lowest BCUT2D eigenvalue weighted by Crippen LogP contribution is -2.40. The molecule has 3 heterocycles. The third kappa shape index (κ3) is 5.47. The summed E-state index contributed by atoms with van der Waals surface area (Å²) < 4.78 is 5.83. The first kappa shape index (κ1) is 22.2. The molecule has 1 aromatic heterocycles. The Kier molecular flexibility index (Phi) is 6.89. The van der Waals surface area contributed by atoms with Crippen molar-refractivity contribution in [3.05, 3.63) is 72.6 Å². The summed E-state index contributed by atoms with van der Waals surface area (Å²) in [6.07, 6.45) is 5.69. The molecule has 0 bridgehead atoms. The van der Waals surface area contributed by atoms with Gasteiger partial charge in [-0.15, -0.1) is 0 Å². The van der Waals surface area contributed by atoms with E-state index in [-0.39, 0.29) is 11.8 Å². The number of nitrogens with zero attached hydrogens (tertiary/aromatic N) is 4. The molecule has 0 atom stereocenters. The topological polar surface area (TPSA) is 70.6 Å². The van der Waals surface area contributed by atoms with Crippen molar-refractivity contribution in [3.63, 3.8) is 0 Å². The van der Waals surface area contributed by atoms with E-state index >= 15 is 0 Å². The molecule has 0 unspecified atom stereocenters. The van der Waals surface area contributed by atoms with Crippen molar-refractivity contribution in [3.8, 4) is 11.6 Å². The SMILES string of the molecule is O=C(NCc1ccc(N2CCCC2)cc1)C1CCN(c2cc(Oc3ccccc3)ncn2)CC1. The van der Waals surface area contributed by atoms with Crippen LogP contribution in [0, 0.1) is 5.92 Å². The van der Waals surface area contributed by atoms with Gasteiger partial charge in [-0.25, -0.2) is 9.97 Å². The Morgan fingerprint density at radius 1 is 0.912 bits per heavy atom. The van der Waals surface area contributed by atoms with Crippen LogP contribution in [0.1, 0.15) is 31.2 Å². The molecule has 1 amide bonds. The van der Waals surface area contributed by atoms with Crippen LogP contribution in [-0.4, -0.2) is 42.1 Å². The fourth-order valence-corrected chi connectivity index (χ4v) is 4.67. The first-order valence-corrected chi connectivity index (χ1v) is 12.2. The zero-order valence-electron chi connectivity index (χ0n) is 19.4. The van der Waals surface area contributed by atoms with E-state index < -0.39 is 0 Å². The number of ether oxygens (including phenoxy) is 1. The van der Waals surface area contributed by atoms with Crippen LogP contribution < -0.4 is 19.9 Å². The predicted octanol–water partition coefficient (Wildman–Crippen LogP) is 4.40. The summed E-state index contributed by atoms with van der Waals surface area (Å²) in [5.74, 6) is 2.26. The number of nitrogens with one attached hydrogen (secondary N) is 1. The summed E-state index contributed by atoms with van der Waals surface area (Å²) in [4.78, 5) is 26.0. The normalized spacial score (nSPS) is 16.5. The third-order valence-corrected chi connectivity index (χ3v) is 6.66. The zero-order chi connectivity index (χ0) is 23.2. The third-order valence-electron chi connectivity index (χ3n) is 6.66. The molecule has 1 N–H and O–H groups in total. The molecular weight excluding hydrogens is 426 g/mol. The number of carbonyl (C=O) groups excluding carboxylic acids is 1. The molecule has 2 aliphatic rings. The minimum Gasteiger partial charge on any atom is -0.439 e. The number of benzene rings is 2. The van der Waals surface area contributed by atoms with Crippen molar-refractivity contribution in [2.24, 2.45) is 5.92 Å². The van der Waals surface area contributed by atoms with Crippen molar-refractivity contribution < 1.29 is 9.53 Å². The van der Waals surface area contributed by atoms with Crippen LogP contribution in [0.5, 0.6) is 11.6 Å². The second kappa shape index (κ2) is 10.5. The highest BCUT2D eigenvalue weighted by molar-refractivity contribution is 5.79. The standard InChI is InChI=1S/C27H31N5O2/c33-27(28-19-21-8-10-23(11-9-21)31-14-4-5-15-31)22-12-16-32(17-13-22)25-18-26(30-20-29-25)34-24-6-2-1-3-7-24/h1-3,6-11,18,20,22H,4-5,12-17,19H2,(H,28,33). The molecule has 0 radical (unpaired) electrons. The number of piperidine rings is 1. The molecular formula is C27H31N5O2. The Hall–Kier alpha value is -3.61. The summed E-state index contributed by atoms with van der Waals surface area (Å²) in [6, 6.07) is 20.0. The zero-order valence-corrected chi connectivity index (χ0v) is 19.4. The van der Waals surface area contributed by atoms with Gasteiger partial charge in [0.25, 0.3) is 0 Å². The van der Waals surface area contributed by atoms with Crippen LogP contribution in [0.2, 0.25) is 0 Å². The van der Waals surface area contributed by atoms with Crippen molar-refractivity contribution in [2.45, 2.75) is 32.2 Å². The highest BCUT2D eigenvalue weighted by Crippen LogP contribution is 2.26. The average Bonchev–Trinajstić information content (AvgIpc) is 3.44. The molecule has 7 nitrogen and oxygen atoms in total. The second-order valence-electron chi connectivity index (χ2n) is 8.97. The summed E-state index contributed by atoms with van der Waals surface area (Å²) in [5.41, 5.74) is 2.42. The maximum atomic E-state index is 12.8. The van der Waals surface area contributed by atoms with Crippen LogP contribution in [0.4, 0.5) is 11.5 Å². The van der Waals surface area contributed by atoms with E-state index in [4.69, 9.17) is 4.74 Å². The Morgan fingerprint density at radius 3 is 2.38 bits per heavy atom. The van der Waals surface area contributed by atoms with E-state index in [9.17, 15) is 4.79 Å². The fraction of sp³-hybridized carbons (Fsp3) is 0.370. The molecule has 5 rings (SSSR count). The van der Waals surface area contributed by atoms with Gasteiger partial charge < -0.3 is 19.9 Å². The van der Waals surface area contributed by atoms with E-state index in [1.807, 2.05) is 36.4 Å². The minimum atomic E-state index is 0.0296. The van der Waals surface area contributed by atoms with E-state index in [1.54, 1.807) is 0 Å². The minimum absolute atomic E-state index is 0.0296. The van der Waals surface area contributed by atoms with Crippen LogP contribution in [0.15, 0.2) is 67.0 Å². The molecule has 2 aromatic carbocycles.